The standard InChI is InChI=1S/C43H87/c1-4-7-10-12-14-16-18-20-21-22-23-24-25-26-27-29-31-33-35-37-39-42-43(40-9-6-3)41-38-36-34-32-30-28-19-17-15-13-11-8-5-2/h43H,3-42H2,1-2H3. The number of unbranched alkanes of at least 4 members (excludes halogenated alkanes) is 33. The Morgan fingerprint density at radius 1 is 0.256 bits per heavy atom. The highest BCUT2D eigenvalue weighted by atomic mass is 14.1. The monoisotopic (exact) mass is 604 g/mol. The van der Waals surface area contributed by atoms with Crippen LogP contribution in [0.5, 0.6) is 0 Å². The van der Waals surface area contributed by atoms with E-state index in [1.807, 2.05) is 0 Å². The summed E-state index contributed by atoms with van der Waals surface area (Å²) in [5, 5.41) is 0. The van der Waals surface area contributed by atoms with Crippen LogP contribution in [0.2, 0.25) is 0 Å². The molecule has 0 aliphatic heterocycles. The summed E-state index contributed by atoms with van der Waals surface area (Å²) in [5.74, 6) is 0.995. The van der Waals surface area contributed by atoms with Crippen LogP contribution in [0.15, 0.2) is 0 Å². The predicted molar refractivity (Wildman–Crippen MR) is 200 cm³/mol. The molecule has 0 rings (SSSR count). The molecule has 0 aliphatic rings. The van der Waals surface area contributed by atoms with Gasteiger partial charge in [-0.1, -0.05) is 271 Å². The summed E-state index contributed by atoms with van der Waals surface area (Å²) in [5.41, 5.74) is 0. The first-order chi connectivity index (χ1) is 21.3. The van der Waals surface area contributed by atoms with E-state index in [4.69, 9.17) is 0 Å². The minimum atomic E-state index is 0.995. The van der Waals surface area contributed by atoms with Gasteiger partial charge in [0, 0.05) is 0 Å². The Hall–Kier alpha value is 0. The maximum absolute atomic E-state index is 4.12. The maximum atomic E-state index is 4.12. The molecule has 0 saturated carbocycles. The molecule has 0 aromatic carbocycles. The van der Waals surface area contributed by atoms with Gasteiger partial charge < -0.3 is 0 Å². The van der Waals surface area contributed by atoms with E-state index in [-0.39, 0.29) is 0 Å². The zero-order chi connectivity index (χ0) is 31.2. The van der Waals surface area contributed by atoms with Gasteiger partial charge >= 0.3 is 0 Å². The molecule has 0 amide bonds. The lowest BCUT2D eigenvalue weighted by Crippen LogP contribution is -2.01. The molecule has 0 heterocycles. The van der Waals surface area contributed by atoms with Crippen molar-refractivity contribution in [2.24, 2.45) is 5.92 Å². The molecule has 0 saturated heterocycles. The smallest absolute Gasteiger partial charge is 0.0414 e. The van der Waals surface area contributed by atoms with E-state index in [9.17, 15) is 0 Å². The lowest BCUT2D eigenvalue weighted by molar-refractivity contribution is 0.372. The Morgan fingerprint density at radius 3 is 0.651 bits per heavy atom. The molecule has 1 atom stereocenters. The molecule has 43 heavy (non-hydrogen) atoms. The Balaban J connectivity index is 3.40. The molecule has 1 unspecified atom stereocenters. The van der Waals surface area contributed by atoms with Gasteiger partial charge in [-0.3, -0.25) is 0 Å². The van der Waals surface area contributed by atoms with Crippen LogP contribution in [0, 0.1) is 12.8 Å². The molecule has 0 nitrogen and oxygen atoms in total. The Morgan fingerprint density at radius 2 is 0.442 bits per heavy atom. The summed E-state index contributed by atoms with van der Waals surface area (Å²) in [6.07, 6.45) is 57.1. The van der Waals surface area contributed by atoms with Crippen molar-refractivity contribution in [1.82, 2.24) is 0 Å². The zero-order valence-electron chi connectivity index (χ0n) is 30.9. The highest BCUT2D eigenvalue weighted by molar-refractivity contribution is 4.62. The van der Waals surface area contributed by atoms with Crippen LogP contribution < -0.4 is 0 Å². The van der Waals surface area contributed by atoms with Gasteiger partial charge in [0.25, 0.3) is 0 Å². The van der Waals surface area contributed by atoms with Crippen LogP contribution in [0.3, 0.4) is 0 Å². The van der Waals surface area contributed by atoms with Crippen molar-refractivity contribution in [2.45, 2.75) is 264 Å². The average molecular weight is 604 g/mol. The predicted octanol–water partition coefficient (Wildman–Crippen LogP) is 16.7. The summed E-state index contributed by atoms with van der Waals surface area (Å²) in [7, 11) is 0. The zero-order valence-corrected chi connectivity index (χ0v) is 30.9. The van der Waals surface area contributed by atoms with Gasteiger partial charge in [0.2, 0.25) is 0 Å². The third kappa shape index (κ3) is 38.1. The summed E-state index contributed by atoms with van der Waals surface area (Å²) in [4.78, 5) is 0. The Labute approximate surface area is 276 Å². The van der Waals surface area contributed by atoms with Crippen molar-refractivity contribution in [3.63, 3.8) is 0 Å². The van der Waals surface area contributed by atoms with E-state index in [1.165, 1.54) is 244 Å². The van der Waals surface area contributed by atoms with Crippen molar-refractivity contribution in [3.8, 4) is 0 Å². The summed E-state index contributed by atoms with van der Waals surface area (Å²) in [6.45, 7) is 8.74. The second-order valence-electron chi connectivity index (χ2n) is 14.8. The van der Waals surface area contributed by atoms with Crippen molar-refractivity contribution in [1.29, 1.82) is 0 Å². The minimum Gasteiger partial charge on any atom is -0.0654 e. The van der Waals surface area contributed by atoms with Gasteiger partial charge in [-0.25, -0.2) is 0 Å². The topological polar surface area (TPSA) is 0 Å². The molecule has 0 aromatic heterocycles. The summed E-state index contributed by atoms with van der Waals surface area (Å²) < 4.78 is 0. The molecule has 0 N–H and O–H groups in total. The Kier molecular flexibility index (Phi) is 40.0. The third-order valence-corrected chi connectivity index (χ3v) is 10.3. The van der Waals surface area contributed by atoms with E-state index in [2.05, 4.69) is 20.8 Å². The van der Waals surface area contributed by atoms with Crippen molar-refractivity contribution in [3.05, 3.63) is 6.92 Å². The van der Waals surface area contributed by atoms with Crippen molar-refractivity contribution < 1.29 is 0 Å². The lowest BCUT2D eigenvalue weighted by Gasteiger charge is -2.16. The first kappa shape index (κ1) is 43.0. The van der Waals surface area contributed by atoms with Crippen LogP contribution in [-0.2, 0) is 0 Å². The second kappa shape index (κ2) is 40.0. The van der Waals surface area contributed by atoms with Crippen LogP contribution in [-0.4, -0.2) is 0 Å². The fourth-order valence-electron chi connectivity index (χ4n) is 7.18. The van der Waals surface area contributed by atoms with Gasteiger partial charge in [-0.15, -0.1) is 0 Å². The van der Waals surface area contributed by atoms with Crippen molar-refractivity contribution in [2.75, 3.05) is 0 Å². The molecule has 0 fully saturated rings. The SMILES string of the molecule is [CH2]CCCC(CCCCCCCCCCCCCCC)CCCCCCCCCCCCCCCCCCCCCCC. The Bertz CT molecular complexity index is 453. The van der Waals surface area contributed by atoms with E-state index >= 15 is 0 Å². The minimum absolute atomic E-state index is 0.995. The van der Waals surface area contributed by atoms with Gasteiger partial charge in [-0.2, -0.15) is 0 Å². The molecule has 0 aliphatic carbocycles. The van der Waals surface area contributed by atoms with Gasteiger partial charge in [0.15, 0.2) is 0 Å². The lowest BCUT2D eigenvalue weighted by atomic mass is 9.90. The van der Waals surface area contributed by atoms with Gasteiger partial charge in [0.1, 0.15) is 0 Å². The number of hydrogen-bond donors (Lipinski definition) is 0. The van der Waals surface area contributed by atoms with Gasteiger partial charge in [0.05, 0.1) is 0 Å². The highest BCUT2D eigenvalue weighted by Crippen LogP contribution is 2.24. The fourth-order valence-corrected chi connectivity index (χ4v) is 7.18. The van der Waals surface area contributed by atoms with Crippen LogP contribution in [0.1, 0.15) is 264 Å². The molecule has 0 aromatic rings. The number of rotatable bonds is 39. The summed E-state index contributed by atoms with van der Waals surface area (Å²) >= 11 is 0. The van der Waals surface area contributed by atoms with Crippen molar-refractivity contribution >= 4 is 0 Å². The second-order valence-corrected chi connectivity index (χ2v) is 14.8. The molecule has 0 spiro atoms. The average Bonchev–Trinajstić information content (AvgIpc) is 3.02. The quantitative estimate of drug-likeness (QED) is 0.0613. The van der Waals surface area contributed by atoms with E-state index in [1.54, 1.807) is 0 Å². The normalized spacial score (nSPS) is 12.3. The fraction of sp³-hybridized carbons (Fsp3) is 0.977. The third-order valence-electron chi connectivity index (χ3n) is 10.3. The van der Waals surface area contributed by atoms with Crippen LogP contribution in [0.25, 0.3) is 0 Å². The van der Waals surface area contributed by atoms with Gasteiger partial charge in [-0.05, 0) is 5.92 Å². The van der Waals surface area contributed by atoms with Crippen LogP contribution >= 0.6 is 0 Å². The first-order valence-corrected chi connectivity index (χ1v) is 21.1. The molecule has 0 heteroatoms. The highest BCUT2D eigenvalue weighted by Gasteiger charge is 2.08. The van der Waals surface area contributed by atoms with Crippen LogP contribution in [0.4, 0.5) is 0 Å². The van der Waals surface area contributed by atoms with E-state index < -0.39 is 0 Å². The maximum Gasteiger partial charge on any atom is -0.0414 e. The molecular weight excluding hydrogens is 516 g/mol. The first-order valence-electron chi connectivity index (χ1n) is 21.1. The summed E-state index contributed by atoms with van der Waals surface area (Å²) in [6, 6.07) is 0. The molecule has 259 valence electrons. The van der Waals surface area contributed by atoms with E-state index in [0.717, 1.165) is 12.3 Å². The molecule has 0 bridgehead atoms. The molecular formula is C43H87. The van der Waals surface area contributed by atoms with E-state index in [0.29, 0.717) is 0 Å². The number of hydrogen-bond acceptors (Lipinski definition) is 0. The molecule has 1 radical (unpaired) electrons. The largest absolute Gasteiger partial charge is 0.0654 e.